The number of amides is 2. The molecule has 4 rings (SSSR count). The van der Waals surface area contributed by atoms with Gasteiger partial charge in [-0.05, 0) is 59.1 Å². The molecular weight excluding hydrogens is 470 g/mol. The Bertz CT molecular complexity index is 1090. The number of likely N-dealkylation sites (tertiary alicyclic amines) is 1. The van der Waals surface area contributed by atoms with Gasteiger partial charge in [0.1, 0.15) is 5.60 Å². The molecule has 1 aromatic carbocycles. The van der Waals surface area contributed by atoms with Gasteiger partial charge in [0, 0.05) is 45.2 Å². The van der Waals surface area contributed by atoms with Gasteiger partial charge >= 0.3 is 6.09 Å². The second-order valence-electron chi connectivity index (χ2n) is 11.1. The first-order valence-electron chi connectivity index (χ1n) is 13.3. The van der Waals surface area contributed by atoms with Crippen LogP contribution in [0.5, 0.6) is 0 Å². The average molecular weight is 512 g/mol. The number of piperidine rings is 1. The van der Waals surface area contributed by atoms with Crippen molar-refractivity contribution in [2.45, 2.75) is 59.0 Å². The molecule has 0 spiro atoms. The van der Waals surface area contributed by atoms with Crippen LogP contribution in [0.4, 0.5) is 4.79 Å². The lowest BCUT2D eigenvalue weighted by molar-refractivity contribution is 0.0203. The van der Waals surface area contributed by atoms with E-state index in [-0.39, 0.29) is 17.9 Å². The number of aromatic nitrogens is 2. The maximum absolute atomic E-state index is 13.4. The van der Waals surface area contributed by atoms with Crippen LogP contribution < -0.4 is 5.32 Å². The SMILES string of the molecule is Cc1ccc(-n2ncc(C(=O)NCCN3CCOCC3)c2C2CCN(C(=O)OC(C)(C)C)CC2)c(C)c1. The highest BCUT2D eigenvalue weighted by atomic mass is 16.6. The zero-order valence-corrected chi connectivity index (χ0v) is 22.9. The molecule has 2 aromatic rings. The fraction of sp³-hybridized carbons (Fsp3) is 0.607. The van der Waals surface area contributed by atoms with Crippen molar-refractivity contribution in [3.63, 3.8) is 0 Å². The van der Waals surface area contributed by atoms with E-state index in [0.717, 1.165) is 62.6 Å². The third kappa shape index (κ3) is 6.90. The third-order valence-corrected chi connectivity index (χ3v) is 6.98. The zero-order valence-electron chi connectivity index (χ0n) is 22.9. The maximum Gasteiger partial charge on any atom is 0.410 e. The summed E-state index contributed by atoms with van der Waals surface area (Å²) in [6.45, 7) is 15.6. The Kier molecular flexibility index (Phi) is 8.54. The molecule has 2 aliphatic rings. The molecule has 202 valence electrons. The maximum atomic E-state index is 13.4. The van der Waals surface area contributed by atoms with Crippen molar-refractivity contribution < 1.29 is 19.1 Å². The number of hydrogen-bond donors (Lipinski definition) is 1. The molecule has 0 atom stereocenters. The lowest BCUT2D eigenvalue weighted by atomic mass is 9.90. The molecule has 2 aliphatic heterocycles. The molecule has 3 heterocycles. The van der Waals surface area contributed by atoms with Crippen LogP contribution in [0.15, 0.2) is 24.4 Å². The molecule has 0 saturated carbocycles. The van der Waals surface area contributed by atoms with E-state index in [4.69, 9.17) is 14.6 Å². The van der Waals surface area contributed by atoms with Crippen molar-refractivity contribution in [2.24, 2.45) is 0 Å². The third-order valence-electron chi connectivity index (χ3n) is 6.98. The molecule has 1 aromatic heterocycles. The molecule has 2 saturated heterocycles. The fourth-order valence-electron chi connectivity index (χ4n) is 5.07. The molecule has 9 heteroatoms. The van der Waals surface area contributed by atoms with E-state index in [2.05, 4.69) is 42.3 Å². The first-order chi connectivity index (χ1) is 17.6. The molecule has 1 N–H and O–H groups in total. The van der Waals surface area contributed by atoms with Crippen molar-refractivity contribution in [3.05, 3.63) is 46.8 Å². The van der Waals surface area contributed by atoms with Gasteiger partial charge < -0.3 is 19.7 Å². The van der Waals surface area contributed by atoms with Crippen molar-refractivity contribution in [1.82, 2.24) is 24.9 Å². The van der Waals surface area contributed by atoms with E-state index in [1.165, 1.54) is 5.56 Å². The van der Waals surface area contributed by atoms with Crippen LogP contribution in [0, 0.1) is 13.8 Å². The van der Waals surface area contributed by atoms with Crippen LogP contribution >= 0.6 is 0 Å². The number of carbonyl (C=O) groups excluding carboxylic acids is 2. The van der Waals surface area contributed by atoms with E-state index in [1.807, 2.05) is 25.5 Å². The largest absolute Gasteiger partial charge is 0.444 e. The lowest BCUT2D eigenvalue weighted by Crippen LogP contribution is -2.42. The van der Waals surface area contributed by atoms with Gasteiger partial charge in [0.15, 0.2) is 0 Å². The van der Waals surface area contributed by atoms with Gasteiger partial charge in [0.05, 0.1) is 36.4 Å². The summed E-state index contributed by atoms with van der Waals surface area (Å²) in [5.41, 5.74) is 4.26. The van der Waals surface area contributed by atoms with Gasteiger partial charge in [0.25, 0.3) is 5.91 Å². The van der Waals surface area contributed by atoms with Crippen LogP contribution in [-0.2, 0) is 9.47 Å². The van der Waals surface area contributed by atoms with Crippen LogP contribution in [0.1, 0.15) is 66.7 Å². The first-order valence-corrected chi connectivity index (χ1v) is 13.3. The second kappa shape index (κ2) is 11.6. The van der Waals surface area contributed by atoms with E-state index in [0.29, 0.717) is 25.2 Å². The average Bonchev–Trinajstić information content (AvgIpc) is 3.28. The number of rotatable bonds is 6. The molecular formula is C28H41N5O4. The van der Waals surface area contributed by atoms with Gasteiger partial charge in [-0.3, -0.25) is 9.69 Å². The van der Waals surface area contributed by atoms with Crippen LogP contribution in [0.25, 0.3) is 5.69 Å². The van der Waals surface area contributed by atoms with E-state index in [9.17, 15) is 9.59 Å². The predicted molar refractivity (Wildman–Crippen MR) is 142 cm³/mol. The van der Waals surface area contributed by atoms with Crippen molar-refractivity contribution in [1.29, 1.82) is 0 Å². The van der Waals surface area contributed by atoms with Gasteiger partial charge in [-0.2, -0.15) is 5.10 Å². The number of benzene rings is 1. The highest BCUT2D eigenvalue weighted by Crippen LogP contribution is 2.33. The van der Waals surface area contributed by atoms with Crippen LogP contribution in [-0.4, -0.2) is 89.7 Å². The van der Waals surface area contributed by atoms with Crippen LogP contribution in [0.3, 0.4) is 0 Å². The fourth-order valence-corrected chi connectivity index (χ4v) is 5.07. The first kappa shape index (κ1) is 27.1. The summed E-state index contributed by atoms with van der Waals surface area (Å²) in [7, 11) is 0. The summed E-state index contributed by atoms with van der Waals surface area (Å²) in [6.07, 6.45) is 2.89. The van der Waals surface area contributed by atoms with Crippen LogP contribution in [0.2, 0.25) is 0 Å². The number of ether oxygens (including phenoxy) is 2. The smallest absolute Gasteiger partial charge is 0.410 e. The Hall–Kier alpha value is -2.91. The Morgan fingerprint density at radius 2 is 1.81 bits per heavy atom. The summed E-state index contributed by atoms with van der Waals surface area (Å²) >= 11 is 0. The highest BCUT2D eigenvalue weighted by molar-refractivity contribution is 5.95. The quantitative estimate of drug-likeness (QED) is 0.637. The van der Waals surface area contributed by atoms with Gasteiger partial charge in [-0.25, -0.2) is 9.48 Å². The molecule has 2 fully saturated rings. The number of hydrogen-bond acceptors (Lipinski definition) is 6. The monoisotopic (exact) mass is 511 g/mol. The van der Waals surface area contributed by atoms with Gasteiger partial charge in [0.2, 0.25) is 0 Å². The van der Waals surface area contributed by atoms with Gasteiger partial charge in [-0.15, -0.1) is 0 Å². The normalized spacial score (nSPS) is 17.6. The van der Waals surface area contributed by atoms with Crippen molar-refractivity contribution in [2.75, 3.05) is 52.5 Å². The Labute approximate surface area is 220 Å². The minimum Gasteiger partial charge on any atom is -0.444 e. The topological polar surface area (TPSA) is 88.9 Å². The molecule has 0 unspecified atom stereocenters. The standard InChI is InChI=1S/C28H41N5O4/c1-20-6-7-24(21(2)18-20)33-25(22-8-11-32(12-9-22)27(35)37-28(3,4)5)23(19-30-33)26(34)29-10-13-31-14-16-36-17-15-31/h6-7,18-19,22H,8-17H2,1-5H3,(H,29,34). The number of nitrogens with zero attached hydrogens (tertiary/aromatic N) is 4. The van der Waals surface area contributed by atoms with Crippen molar-refractivity contribution in [3.8, 4) is 5.69 Å². The van der Waals surface area contributed by atoms with Crippen molar-refractivity contribution >= 4 is 12.0 Å². The molecule has 0 bridgehead atoms. The number of nitrogens with one attached hydrogen (secondary N) is 1. The summed E-state index contributed by atoms with van der Waals surface area (Å²) in [5.74, 6) is -0.00395. The van der Waals surface area contributed by atoms with E-state index >= 15 is 0 Å². The predicted octanol–water partition coefficient (Wildman–Crippen LogP) is 3.67. The molecule has 37 heavy (non-hydrogen) atoms. The van der Waals surface area contributed by atoms with E-state index in [1.54, 1.807) is 11.1 Å². The summed E-state index contributed by atoms with van der Waals surface area (Å²) < 4.78 is 12.9. The Morgan fingerprint density at radius 1 is 1.11 bits per heavy atom. The highest BCUT2D eigenvalue weighted by Gasteiger charge is 2.32. The number of morpholine rings is 1. The Morgan fingerprint density at radius 3 is 2.46 bits per heavy atom. The Balaban J connectivity index is 1.53. The molecule has 0 aliphatic carbocycles. The lowest BCUT2D eigenvalue weighted by Gasteiger charge is -2.34. The van der Waals surface area contributed by atoms with Gasteiger partial charge in [-0.1, -0.05) is 17.7 Å². The molecule has 2 amide bonds. The minimum atomic E-state index is -0.526. The van der Waals surface area contributed by atoms with E-state index < -0.39 is 5.60 Å². The minimum absolute atomic E-state index is 0.0990. The summed E-state index contributed by atoms with van der Waals surface area (Å²) in [5, 5.41) is 7.81. The summed E-state index contributed by atoms with van der Waals surface area (Å²) in [4.78, 5) is 30.0. The number of aryl methyl sites for hydroxylation is 2. The summed E-state index contributed by atoms with van der Waals surface area (Å²) in [6, 6.07) is 6.27. The molecule has 9 nitrogen and oxygen atoms in total. The second-order valence-corrected chi connectivity index (χ2v) is 11.1. The molecule has 0 radical (unpaired) electrons. The zero-order chi connectivity index (χ0) is 26.6. The number of carbonyl (C=O) groups is 2.